The standard InChI is InChI=1S/C16H13ClN4O2/c17-13-5-6-16(20-8-2-7-19-20)15(10-13)18-11-12-3-1-4-14(9-12)21(22)23/h1-10,18H,11H2. The molecule has 0 unspecified atom stereocenters. The summed E-state index contributed by atoms with van der Waals surface area (Å²) in [6.45, 7) is 0.441. The van der Waals surface area contributed by atoms with Gasteiger partial charge in [0.2, 0.25) is 0 Å². The van der Waals surface area contributed by atoms with Gasteiger partial charge in [0.05, 0.1) is 16.3 Å². The van der Waals surface area contributed by atoms with Crippen molar-refractivity contribution in [2.45, 2.75) is 6.54 Å². The Labute approximate surface area is 137 Å². The fourth-order valence-corrected chi connectivity index (χ4v) is 2.41. The van der Waals surface area contributed by atoms with Crippen LogP contribution in [0.2, 0.25) is 5.02 Å². The second-order valence-corrected chi connectivity index (χ2v) is 5.33. The zero-order chi connectivity index (χ0) is 16.2. The summed E-state index contributed by atoms with van der Waals surface area (Å²) in [4.78, 5) is 10.4. The number of aromatic nitrogens is 2. The molecule has 0 spiro atoms. The van der Waals surface area contributed by atoms with Crippen molar-refractivity contribution in [2.24, 2.45) is 0 Å². The quantitative estimate of drug-likeness (QED) is 0.566. The lowest BCUT2D eigenvalue weighted by Gasteiger charge is -2.12. The van der Waals surface area contributed by atoms with E-state index in [0.29, 0.717) is 11.6 Å². The summed E-state index contributed by atoms with van der Waals surface area (Å²) >= 11 is 6.07. The molecule has 6 nitrogen and oxygen atoms in total. The lowest BCUT2D eigenvalue weighted by molar-refractivity contribution is -0.384. The first-order chi connectivity index (χ1) is 11.1. The molecular weight excluding hydrogens is 316 g/mol. The fraction of sp³-hybridized carbons (Fsp3) is 0.0625. The van der Waals surface area contributed by atoms with Gasteiger partial charge in [-0.2, -0.15) is 5.10 Å². The van der Waals surface area contributed by atoms with E-state index in [4.69, 9.17) is 11.6 Å². The van der Waals surface area contributed by atoms with E-state index in [2.05, 4.69) is 10.4 Å². The van der Waals surface area contributed by atoms with Gasteiger partial charge in [-0.15, -0.1) is 0 Å². The minimum atomic E-state index is -0.405. The smallest absolute Gasteiger partial charge is 0.269 e. The van der Waals surface area contributed by atoms with Crippen LogP contribution in [0.15, 0.2) is 60.9 Å². The predicted octanol–water partition coefficient (Wildman–Crippen LogP) is 4.05. The summed E-state index contributed by atoms with van der Waals surface area (Å²) in [7, 11) is 0. The van der Waals surface area contributed by atoms with E-state index in [1.165, 1.54) is 6.07 Å². The van der Waals surface area contributed by atoms with Gasteiger partial charge in [-0.05, 0) is 29.8 Å². The average molecular weight is 329 g/mol. The molecule has 0 fully saturated rings. The Bertz CT molecular complexity index is 834. The van der Waals surface area contributed by atoms with E-state index < -0.39 is 4.92 Å². The monoisotopic (exact) mass is 328 g/mol. The molecule has 1 aromatic heterocycles. The molecule has 2 aromatic carbocycles. The number of hydrogen-bond donors (Lipinski definition) is 1. The molecule has 0 aliphatic heterocycles. The second kappa shape index (κ2) is 6.50. The third kappa shape index (κ3) is 3.49. The summed E-state index contributed by atoms with van der Waals surface area (Å²) in [5, 5.41) is 18.9. The average Bonchev–Trinajstić information content (AvgIpc) is 3.07. The van der Waals surface area contributed by atoms with Crippen molar-refractivity contribution in [1.82, 2.24) is 9.78 Å². The first-order valence-electron chi connectivity index (χ1n) is 6.90. The Morgan fingerprint density at radius 2 is 2.09 bits per heavy atom. The van der Waals surface area contributed by atoms with E-state index in [-0.39, 0.29) is 5.69 Å². The minimum absolute atomic E-state index is 0.0719. The number of nitrogens with zero attached hydrogens (tertiary/aromatic N) is 3. The third-order valence-electron chi connectivity index (χ3n) is 3.31. The lowest BCUT2D eigenvalue weighted by Crippen LogP contribution is -2.05. The number of nitro groups is 1. The number of nitrogens with one attached hydrogen (secondary N) is 1. The van der Waals surface area contributed by atoms with E-state index in [1.54, 1.807) is 35.1 Å². The zero-order valence-corrected chi connectivity index (χ0v) is 12.8. The van der Waals surface area contributed by atoms with Crippen LogP contribution in [0.3, 0.4) is 0 Å². The van der Waals surface area contributed by atoms with Crippen molar-refractivity contribution in [3.05, 3.63) is 81.6 Å². The molecule has 116 valence electrons. The highest BCUT2D eigenvalue weighted by molar-refractivity contribution is 6.31. The van der Waals surface area contributed by atoms with Gasteiger partial charge in [0.15, 0.2) is 0 Å². The van der Waals surface area contributed by atoms with Gasteiger partial charge in [0.1, 0.15) is 0 Å². The molecule has 0 saturated heterocycles. The van der Waals surface area contributed by atoms with Gasteiger partial charge in [-0.1, -0.05) is 23.7 Å². The molecule has 0 bridgehead atoms. The Morgan fingerprint density at radius 3 is 2.83 bits per heavy atom. The number of benzene rings is 2. The summed E-state index contributed by atoms with van der Waals surface area (Å²) in [5.74, 6) is 0. The van der Waals surface area contributed by atoms with E-state index >= 15 is 0 Å². The number of nitro benzene ring substituents is 1. The number of rotatable bonds is 5. The molecule has 7 heteroatoms. The Hall–Kier alpha value is -2.86. The Morgan fingerprint density at radius 1 is 1.22 bits per heavy atom. The Balaban J connectivity index is 1.84. The van der Waals surface area contributed by atoms with Crippen LogP contribution >= 0.6 is 11.6 Å². The third-order valence-corrected chi connectivity index (χ3v) is 3.55. The summed E-state index contributed by atoms with van der Waals surface area (Å²) in [6, 6.07) is 13.8. The van der Waals surface area contributed by atoms with Gasteiger partial charge in [-0.25, -0.2) is 4.68 Å². The maximum atomic E-state index is 10.8. The van der Waals surface area contributed by atoms with E-state index in [1.807, 2.05) is 24.4 Å². The fourth-order valence-electron chi connectivity index (χ4n) is 2.24. The van der Waals surface area contributed by atoms with Crippen molar-refractivity contribution >= 4 is 23.0 Å². The lowest BCUT2D eigenvalue weighted by atomic mass is 10.2. The molecule has 3 aromatic rings. The van der Waals surface area contributed by atoms with Gasteiger partial charge in [-0.3, -0.25) is 10.1 Å². The van der Waals surface area contributed by atoms with Crippen LogP contribution in [-0.2, 0) is 6.54 Å². The van der Waals surface area contributed by atoms with E-state index in [9.17, 15) is 10.1 Å². The Kier molecular flexibility index (Phi) is 4.25. The number of non-ortho nitro benzene ring substituents is 1. The molecule has 3 rings (SSSR count). The molecule has 1 heterocycles. The van der Waals surface area contributed by atoms with E-state index in [0.717, 1.165) is 16.9 Å². The van der Waals surface area contributed by atoms with Crippen molar-refractivity contribution in [3.63, 3.8) is 0 Å². The molecule has 0 amide bonds. The summed E-state index contributed by atoms with van der Waals surface area (Å²) < 4.78 is 1.73. The topological polar surface area (TPSA) is 73.0 Å². The zero-order valence-electron chi connectivity index (χ0n) is 12.0. The largest absolute Gasteiger partial charge is 0.379 e. The minimum Gasteiger partial charge on any atom is -0.379 e. The molecule has 0 saturated carbocycles. The second-order valence-electron chi connectivity index (χ2n) is 4.89. The molecular formula is C16H13ClN4O2. The van der Waals surface area contributed by atoms with Crippen LogP contribution in [-0.4, -0.2) is 14.7 Å². The van der Waals surface area contributed by atoms with Crippen LogP contribution in [0, 0.1) is 10.1 Å². The maximum Gasteiger partial charge on any atom is 0.269 e. The number of halogens is 1. The summed E-state index contributed by atoms with van der Waals surface area (Å²) in [6.07, 6.45) is 3.53. The van der Waals surface area contributed by atoms with Crippen molar-refractivity contribution in [1.29, 1.82) is 0 Å². The van der Waals surface area contributed by atoms with Gasteiger partial charge >= 0.3 is 0 Å². The van der Waals surface area contributed by atoms with Crippen molar-refractivity contribution in [2.75, 3.05) is 5.32 Å². The van der Waals surface area contributed by atoms with Gasteiger partial charge < -0.3 is 5.32 Å². The molecule has 23 heavy (non-hydrogen) atoms. The number of hydrogen-bond acceptors (Lipinski definition) is 4. The first-order valence-corrected chi connectivity index (χ1v) is 7.28. The molecule has 0 radical (unpaired) electrons. The molecule has 0 atom stereocenters. The number of anilines is 1. The summed E-state index contributed by atoms with van der Waals surface area (Å²) in [5.41, 5.74) is 2.53. The first kappa shape index (κ1) is 15.1. The SMILES string of the molecule is O=[N+]([O-])c1cccc(CNc2cc(Cl)ccc2-n2cccn2)c1. The van der Waals surface area contributed by atoms with Crippen LogP contribution in [0.5, 0.6) is 0 Å². The van der Waals surface area contributed by atoms with Crippen LogP contribution in [0.4, 0.5) is 11.4 Å². The van der Waals surface area contributed by atoms with Gasteiger partial charge in [0, 0.05) is 36.1 Å². The molecule has 0 aliphatic carbocycles. The highest BCUT2D eigenvalue weighted by atomic mass is 35.5. The normalized spacial score (nSPS) is 10.5. The maximum absolute atomic E-state index is 10.8. The molecule has 0 aliphatic rings. The highest BCUT2D eigenvalue weighted by Crippen LogP contribution is 2.25. The van der Waals surface area contributed by atoms with Crippen molar-refractivity contribution in [3.8, 4) is 5.69 Å². The van der Waals surface area contributed by atoms with Gasteiger partial charge in [0.25, 0.3) is 5.69 Å². The van der Waals surface area contributed by atoms with Crippen LogP contribution < -0.4 is 5.32 Å². The van der Waals surface area contributed by atoms with Crippen LogP contribution in [0.1, 0.15) is 5.56 Å². The van der Waals surface area contributed by atoms with Crippen LogP contribution in [0.25, 0.3) is 5.69 Å². The molecule has 1 N–H and O–H groups in total. The van der Waals surface area contributed by atoms with Crippen molar-refractivity contribution < 1.29 is 4.92 Å². The predicted molar refractivity (Wildman–Crippen MR) is 89.0 cm³/mol. The highest BCUT2D eigenvalue weighted by Gasteiger charge is 2.08.